The third kappa shape index (κ3) is 4.45. The zero-order chi connectivity index (χ0) is 12.3. The van der Waals surface area contributed by atoms with Crippen molar-refractivity contribution in [2.24, 2.45) is 0 Å². The minimum absolute atomic E-state index is 0.00112. The second-order valence-corrected chi connectivity index (χ2v) is 10.2. The summed E-state index contributed by atoms with van der Waals surface area (Å²) in [5.41, 5.74) is 0. The molecular weight excluding hydrogens is 208 g/mol. The number of rotatable bonds is 5. The summed E-state index contributed by atoms with van der Waals surface area (Å²) >= 11 is 0. The number of aliphatic hydroxyl groups excluding tert-OH is 1. The third-order valence-electron chi connectivity index (χ3n) is 3.09. The van der Waals surface area contributed by atoms with Crippen molar-refractivity contribution in [2.75, 3.05) is 6.61 Å². The smallest absolute Gasteiger partial charge is 0.193 e. The molecule has 0 bridgehead atoms. The molecule has 1 N–H and O–H groups in total. The van der Waals surface area contributed by atoms with Gasteiger partial charge < -0.3 is 9.53 Å². The number of hydrogen-bond acceptors (Lipinski definition) is 3. The van der Waals surface area contributed by atoms with Crippen LogP contribution in [0.15, 0.2) is 0 Å². The number of carbonyl (C=O) groups excluding carboxylic acids is 1. The predicted molar refractivity (Wildman–Crippen MR) is 64.5 cm³/mol. The molecule has 0 aliphatic rings. The number of Topliss-reactive ketones (excluding diaryl/α,β-unsaturated/α-hetero) is 1. The van der Waals surface area contributed by atoms with E-state index in [4.69, 9.17) is 9.53 Å². The standard InChI is InChI=1S/C11H24O3Si/c1-9(13)10(7-8-12)14-15(5,6)11(2,3)4/h10,12H,7-8H2,1-6H3/t10-/m1/s1. The lowest BCUT2D eigenvalue weighted by Gasteiger charge is -2.38. The van der Waals surface area contributed by atoms with Crippen LogP contribution in [0.5, 0.6) is 0 Å². The van der Waals surface area contributed by atoms with E-state index >= 15 is 0 Å². The molecule has 0 rings (SSSR count). The van der Waals surface area contributed by atoms with Crippen LogP contribution in [0.3, 0.4) is 0 Å². The Bertz CT molecular complexity index is 218. The second kappa shape index (κ2) is 5.23. The van der Waals surface area contributed by atoms with E-state index in [0.29, 0.717) is 6.42 Å². The van der Waals surface area contributed by atoms with Crippen molar-refractivity contribution in [3.8, 4) is 0 Å². The average Bonchev–Trinajstić information content (AvgIpc) is 2.00. The highest BCUT2D eigenvalue weighted by atomic mass is 28.4. The normalized spacial score (nSPS) is 15.1. The Balaban J connectivity index is 4.59. The van der Waals surface area contributed by atoms with Crippen LogP contribution in [0.1, 0.15) is 34.1 Å². The van der Waals surface area contributed by atoms with E-state index in [1.54, 1.807) is 0 Å². The molecule has 0 aromatic rings. The quantitative estimate of drug-likeness (QED) is 0.740. The van der Waals surface area contributed by atoms with Crippen LogP contribution in [0, 0.1) is 0 Å². The minimum atomic E-state index is -1.90. The van der Waals surface area contributed by atoms with Gasteiger partial charge in [0.05, 0.1) is 0 Å². The van der Waals surface area contributed by atoms with Gasteiger partial charge in [-0.05, 0) is 25.1 Å². The van der Waals surface area contributed by atoms with Gasteiger partial charge in [-0.1, -0.05) is 20.8 Å². The first-order valence-corrected chi connectivity index (χ1v) is 8.32. The highest BCUT2D eigenvalue weighted by Crippen LogP contribution is 2.37. The summed E-state index contributed by atoms with van der Waals surface area (Å²) in [6.07, 6.45) is -0.0298. The molecule has 90 valence electrons. The molecule has 4 heteroatoms. The van der Waals surface area contributed by atoms with Crippen molar-refractivity contribution in [1.82, 2.24) is 0 Å². The van der Waals surface area contributed by atoms with Gasteiger partial charge in [0.25, 0.3) is 0 Å². The predicted octanol–water partition coefficient (Wildman–Crippen LogP) is 2.35. The summed E-state index contributed by atoms with van der Waals surface area (Å²) in [7, 11) is -1.90. The molecule has 3 nitrogen and oxygen atoms in total. The van der Waals surface area contributed by atoms with Crippen LogP contribution in [-0.4, -0.2) is 31.9 Å². The maximum atomic E-state index is 11.3. The summed E-state index contributed by atoms with van der Waals surface area (Å²) in [6, 6.07) is 0. The van der Waals surface area contributed by atoms with Crippen molar-refractivity contribution < 1.29 is 14.3 Å². The number of ketones is 1. The first-order chi connectivity index (χ1) is 6.62. The molecule has 0 heterocycles. The molecule has 0 spiro atoms. The Kier molecular flexibility index (Phi) is 5.16. The third-order valence-corrected chi connectivity index (χ3v) is 7.57. The summed E-state index contributed by atoms with van der Waals surface area (Å²) in [6.45, 7) is 12.1. The van der Waals surface area contributed by atoms with Crippen LogP contribution in [-0.2, 0) is 9.22 Å². The zero-order valence-corrected chi connectivity index (χ0v) is 11.8. The molecular formula is C11H24O3Si. The highest BCUT2D eigenvalue weighted by Gasteiger charge is 2.39. The molecule has 0 aliphatic heterocycles. The molecule has 0 aromatic carbocycles. The van der Waals surface area contributed by atoms with Gasteiger partial charge in [0, 0.05) is 13.0 Å². The van der Waals surface area contributed by atoms with Crippen molar-refractivity contribution >= 4 is 14.1 Å². The lowest BCUT2D eigenvalue weighted by atomic mass is 10.2. The maximum absolute atomic E-state index is 11.3. The molecule has 1 atom stereocenters. The summed E-state index contributed by atoms with van der Waals surface area (Å²) in [5.74, 6) is 0.00822. The van der Waals surface area contributed by atoms with E-state index in [9.17, 15) is 4.79 Å². The molecule has 0 unspecified atom stereocenters. The SMILES string of the molecule is CC(=O)[C@@H](CCO)O[Si](C)(C)C(C)(C)C. The number of carbonyl (C=O) groups is 1. The minimum Gasteiger partial charge on any atom is -0.407 e. The summed E-state index contributed by atoms with van der Waals surface area (Å²) < 4.78 is 5.93. The molecule has 0 saturated heterocycles. The fraction of sp³-hybridized carbons (Fsp3) is 0.909. The van der Waals surface area contributed by atoms with Gasteiger partial charge in [-0.25, -0.2) is 0 Å². The Hall–Kier alpha value is -0.193. The van der Waals surface area contributed by atoms with Gasteiger partial charge in [-0.2, -0.15) is 0 Å². The van der Waals surface area contributed by atoms with E-state index in [-0.39, 0.29) is 17.4 Å². The monoisotopic (exact) mass is 232 g/mol. The van der Waals surface area contributed by atoms with Crippen LogP contribution < -0.4 is 0 Å². The van der Waals surface area contributed by atoms with Gasteiger partial charge in [0.1, 0.15) is 6.10 Å². The van der Waals surface area contributed by atoms with Gasteiger partial charge in [-0.15, -0.1) is 0 Å². The van der Waals surface area contributed by atoms with Crippen LogP contribution in [0.2, 0.25) is 18.1 Å². The Morgan fingerprint density at radius 2 is 1.87 bits per heavy atom. The van der Waals surface area contributed by atoms with Gasteiger partial charge in [0.2, 0.25) is 0 Å². The van der Waals surface area contributed by atoms with Gasteiger partial charge >= 0.3 is 0 Å². The largest absolute Gasteiger partial charge is 0.407 e. The van der Waals surface area contributed by atoms with Crippen molar-refractivity contribution in [1.29, 1.82) is 0 Å². The molecule has 0 fully saturated rings. The first-order valence-electron chi connectivity index (χ1n) is 5.41. The van der Waals surface area contributed by atoms with Crippen molar-refractivity contribution in [2.45, 2.75) is 58.4 Å². The van der Waals surface area contributed by atoms with E-state index in [1.165, 1.54) is 6.92 Å². The van der Waals surface area contributed by atoms with Crippen molar-refractivity contribution in [3.63, 3.8) is 0 Å². The van der Waals surface area contributed by atoms with Gasteiger partial charge in [-0.3, -0.25) is 4.79 Å². The second-order valence-electron chi connectivity index (χ2n) is 5.49. The first kappa shape index (κ1) is 14.8. The van der Waals surface area contributed by atoms with E-state index in [1.807, 2.05) is 0 Å². The maximum Gasteiger partial charge on any atom is 0.193 e. The average molecular weight is 232 g/mol. The fourth-order valence-electron chi connectivity index (χ4n) is 0.995. The zero-order valence-electron chi connectivity index (χ0n) is 10.8. The topological polar surface area (TPSA) is 46.5 Å². The van der Waals surface area contributed by atoms with E-state index < -0.39 is 14.4 Å². The van der Waals surface area contributed by atoms with E-state index in [0.717, 1.165) is 0 Å². The highest BCUT2D eigenvalue weighted by molar-refractivity contribution is 6.74. The van der Waals surface area contributed by atoms with E-state index in [2.05, 4.69) is 33.9 Å². The summed E-state index contributed by atoms with van der Waals surface area (Å²) in [5, 5.41) is 8.96. The molecule has 0 amide bonds. The summed E-state index contributed by atoms with van der Waals surface area (Å²) in [4.78, 5) is 11.3. The van der Waals surface area contributed by atoms with Crippen LogP contribution >= 0.6 is 0 Å². The molecule has 0 aromatic heterocycles. The van der Waals surface area contributed by atoms with Crippen LogP contribution in [0.4, 0.5) is 0 Å². The lowest BCUT2D eigenvalue weighted by molar-refractivity contribution is -0.124. The van der Waals surface area contributed by atoms with Crippen LogP contribution in [0.25, 0.3) is 0 Å². The lowest BCUT2D eigenvalue weighted by Crippen LogP contribution is -2.45. The molecule has 0 saturated carbocycles. The van der Waals surface area contributed by atoms with Crippen molar-refractivity contribution in [3.05, 3.63) is 0 Å². The molecule has 0 aliphatic carbocycles. The number of hydrogen-bond donors (Lipinski definition) is 1. The Morgan fingerprint density at radius 3 is 2.13 bits per heavy atom. The Labute approximate surface area is 94.0 Å². The van der Waals surface area contributed by atoms with Gasteiger partial charge in [0.15, 0.2) is 14.1 Å². The Morgan fingerprint density at radius 1 is 1.40 bits per heavy atom. The fourth-order valence-corrected chi connectivity index (χ4v) is 2.34. The molecule has 0 radical (unpaired) electrons. The molecule has 15 heavy (non-hydrogen) atoms. The number of aliphatic hydroxyl groups is 1.